The Morgan fingerprint density at radius 3 is 2.53 bits per heavy atom. The number of pyridine rings is 2. The molecule has 0 saturated heterocycles. The fraction of sp³-hybridized carbons (Fsp3) is 0.480. The van der Waals surface area contributed by atoms with Crippen molar-refractivity contribution in [1.29, 1.82) is 0 Å². The van der Waals surface area contributed by atoms with Gasteiger partial charge in [-0.25, -0.2) is 14.2 Å². The number of anilines is 1. The molecule has 36 heavy (non-hydrogen) atoms. The minimum atomic E-state index is -0.688. The summed E-state index contributed by atoms with van der Waals surface area (Å²) in [5.41, 5.74) is 0.633. The van der Waals surface area contributed by atoms with Crippen LogP contribution in [0.5, 0.6) is 0 Å². The van der Waals surface area contributed by atoms with E-state index < -0.39 is 41.5 Å². The van der Waals surface area contributed by atoms with Crippen LogP contribution in [0.1, 0.15) is 69.4 Å². The van der Waals surface area contributed by atoms with E-state index in [0.717, 1.165) is 11.6 Å². The van der Waals surface area contributed by atoms with Crippen LogP contribution >= 0.6 is 15.9 Å². The van der Waals surface area contributed by atoms with Gasteiger partial charge in [0.05, 0.1) is 17.9 Å². The summed E-state index contributed by atoms with van der Waals surface area (Å²) in [4.78, 5) is 45.2. The van der Waals surface area contributed by atoms with E-state index in [2.05, 4.69) is 36.5 Å². The first-order valence-corrected chi connectivity index (χ1v) is 12.4. The van der Waals surface area contributed by atoms with Gasteiger partial charge in [-0.3, -0.25) is 14.6 Å². The number of nitrogens with zero attached hydrogens (tertiary/aromatic N) is 2. The number of esters is 1. The highest BCUT2D eigenvalue weighted by atomic mass is 79.9. The van der Waals surface area contributed by atoms with Crippen molar-refractivity contribution in [2.45, 2.75) is 71.1 Å². The number of halogens is 2. The zero-order valence-corrected chi connectivity index (χ0v) is 22.4. The maximum Gasteiger partial charge on any atom is 0.408 e. The van der Waals surface area contributed by atoms with Crippen LogP contribution in [0.2, 0.25) is 0 Å². The number of nitrogens with one attached hydrogen (secondary N) is 2. The van der Waals surface area contributed by atoms with Crippen molar-refractivity contribution in [3.63, 3.8) is 0 Å². The Hall–Kier alpha value is -3.08. The summed E-state index contributed by atoms with van der Waals surface area (Å²) in [6.07, 6.45) is 3.09. The summed E-state index contributed by atoms with van der Waals surface area (Å²) in [6, 6.07) is 3.74. The summed E-state index contributed by atoms with van der Waals surface area (Å²) in [6.45, 7) is 8.58. The number of rotatable bonds is 5. The fourth-order valence-electron chi connectivity index (χ4n) is 4.36. The van der Waals surface area contributed by atoms with Gasteiger partial charge in [-0.1, -0.05) is 6.92 Å². The minimum Gasteiger partial charge on any atom is -0.460 e. The van der Waals surface area contributed by atoms with Gasteiger partial charge in [-0.15, -0.1) is 0 Å². The molecule has 2 N–H and O–H groups in total. The largest absolute Gasteiger partial charge is 0.460 e. The van der Waals surface area contributed by atoms with Crippen molar-refractivity contribution in [1.82, 2.24) is 15.3 Å². The molecule has 3 rings (SSSR count). The molecule has 1 aliphatic carbocycles. The van der Waals surface area contributed by atoms with E-state index in [1.807, 2.05) is 6.92 Å². The lowest BCUT2D eigenvalue weighted by atomic mass is 9.74. The molecule has 0 spiro atoms. The third-order valence-corrected chi connectivity index (χ3v) is 6.29. The molecule has 0 radical (unpaired) electrons. The Kier molecular flexibility index (Phi) is 8.65. The summed E-state index contributed by atoms with van der Waals surface area (Å²) in [7, 11) is 0. The minimum absolute atomic E-state index is 0.0366. The number of aromatic nitrogens is 2. The van der Waals surface area contributed by atoms with Gasteiger partial charge in [0.1, 0.15) is 22.0 Å². The summed E-state index contributed by atoms with van der Waals surface area (Å²) < 4.78 is 24.5. The molecular formula is C25H30BrFN4O5. The zero-order chi connectivity index (χ0) is 26.6. The second-order valence-electron chi connectivity index (χ2n) is 9.86. The Balaban J connectivity index is 1.85. The maximum atomic E-state index is 13.5. The van der Waals surface area contributed by atoms with Crippen molar-refractivity contribution >= 4 is 39.6 Å². The molecule has 0 aromatic carbocycles. The van der Waals surface area contributed by atoms with Gasteiger partial charge in [-0.05, 0) is 85.1 Å². The number of hydrogen-bond acceptors (Lipinski definition) is 7. The highest BCUT2D eigenvalue weighted by Crippen LogP contribution is 2.40. The molecule has 2 unspecified atom stereocenters. The van der Waals surface area contributed by atoms with Crippen molar-refractivity contribution in [3.05, 3.63) is 52.3 Å². The molecular weight excluding hydrogens is 535 g/mol. The molecule has 194 valence electrons. The van der Waals surface area contributed by atoms with E-state index in [9.17, 15) is 18.8 Å². The SMILES string of the molecule is CC(=O)O[C@H]1C(NC(=O)OC(C)(C)C)CC(c2ccncc2NC(=O)c2ccc(F)c(Br)n2)C[C@@H]1C. The van der Waals surface area contributed by atoms with Gasteiger partial charge in [0, 0.05) is 13.1 Å². The Morgan fingerprint density at radius 1 is 1.17 bits per heavy atom. The Bertz CT molecular complexity index is 1140. The van der Waals surface area contributed by atoms with E-state index in [1.165, 1.54) is 19.2 Å². The Labute approximate surface area is 217 Å². The van der Waals surface area contributed by atoms with Gasteiger partial charge in [0.15, 0.2) is 5.82 Å². The molecule has 2 amide bonds. The quantitative estimate of drug-likeness (QED) is 0.388. The standard InChI is InChI=1S/C25H30BrFN4O5/c1-13-10-15(11-19(21(13)35-14(2)32)31-24(34)36-25(3,4)5)16-8-9-28-12-20(16)30-23(33)18-7-6-17(27)22(26)29-18/h6-9,12-13,15,19,21H,10-11H2,1-5H3,(H,30,33)(H,31,34)/t13-,15?,19?,21+/m0/s1. The van der Waals surface area contributed by atoms with Crippen molar-refractivity contribution < 1.29 is 28.2 Å². The molecule has 9 nitrogen and oxygen atoms in total. The predicted molar refractivity (Wildman–Crippen MR) is 134 cm³/mol. The van der Waals surface area contributed by atoms with E-state index in [-0.39, 0.29) is 22.1 Å². The van der Waals surface area contributed by atoms with Crippen molar-refractivity contribution in [3.8, 4) is 0 Å². The third-order valence-electron chi connectivity index (χ3n) is 5.74. The monoisotopic (exact) mass is 564 g/mol. The van der Waals surface area contributed by atoms with Crippen LogP contribution in [-0.4, -0.2) is 45.7 Å². The maximum absolute atomic E-state index is 13.5. The molecule has 0 aliphatic heterocycles. The van der Waals surface area contributed by atoms with Crippen LogP contribution in [0.3, 0.4) is 0 Å². The average Bonchev–Trinajstić information content (AvgIpc) is 2.76. The first kappa shape index (κ1) is 27.5. The average molecular weight is 565 g/mol. The predicted octanol–water partition coefficient (Wildman–Crippen LogP) is 4.97. The molecule has 11 heteroatoms. The normalized spacial score (nSPS) is 21.9. The van der Waals surface area contributed by atoms with Crippen LogP contribution < -0.4 is 10.6 Å². The van der Waals surface area contributed by atoms with Crippen molar-refractivity contribution in [2.24, 2.45) is 5.92 Å². The molecule has 1 fully saturated rings. The first-order chi connectivity index (χ1) is 16.8. The molecule has 2 aromatic rings. The summed E-state index contributed by atoms with van der Waals surface area (Å²) in [5.74, 6) is -1.72. The molecule has 2 heterocycles. The summed E-state index contributed by atoms with van der Waals surface area (Å²) >= 11 is 2.99. The number of carbonyl (C=O) groups is 3. The van der Waals surface area contributed by atoms with Crippen LogP contribution in [0.4, 0.5) is 14.9 Å². The molecule has 2 aromatic heterocycles. The van der Waals surface area contributed by atoms with Crippen LogP contribution in [0.15, 0.2) is 35.2 Å². The van der Waals surface area contributed by atoms with Crippen molar-refractivity contribution in [2.75, 3.05) is 5.32 Å². The number of carbonyl (C=O) groups excluding carboxylic acids is 3. The topological polar surface area (TPSA) is 120 Å². The van der Waals surface area contributed by atoms with Gasteiger partial charge >= 0.3 is 12.1 Å². The first-order valence-electron chi connectivity index (χ1n) is 11.6. The van der Waals surface area contributed by atoms with Crippen LogP contribution in [-0.2, 0) is 14.3 Å². The Morgan fingerprint density at radius 2 is 1.89 bits per heavy atom. The number of amides is 2. The van der Waals surface area contributed by atoms with Gasteiger partial charge in [0.25, 0.3) is 5.91 Å². The van der Waals surface area contributed by atoms with Crippen LogP contribution in [0.25, 0.3) is 0 Å². The summed E-state index contributed by atoms with van der Waals surface area (Å²) in [5, 5.41) is 5.68. The zero-order valence-electron chi connectivity index (χ0n) is 20.8. The van der Waals surface area contributed by atoms with Gasteiger partial charge < -0.3 is 20.1 Å². The van der Waals surface area contributed by atoms with Crippen LogP contribution in [0, 0.1) is 11.7 Å². The molecule has 0 bridgehead atoms. The highest BCUT2D eigenvalue weighted by Gasteiger charge is 2.40. The lowest BCUT2D eigenvalue weighted by Gasteiger charge is -2.40. The lowest BCUT2D eigenvalue weighted by molar-refractivity contribution is -0.152. The fourth-order valence-corrected chi connectivity index (χ4v) is 4.68. The third kappa shape index (κ3) is 7.22. The van der Waals surface area contributed by atoms with E-state index in [0.29, 0.717) is 18.5 Å². The number of alkyl carbamates (subject to hydrolysis) is 1. The molecule has 1 saturated carbocycles. The number of hydrogen-bond donors (Lipinski definition) is 2. The number of ether oxygens (including phenoxy) is 2. The second-order valence-corrected chi connectivity index (χ2v) is 10.6. The van der Waals surface area contributed by atoms with E-state index in [4.69, 9.17) is 9.47 Å². The van der Waals surface area contributed by atoms with Gasteiger partial charge in [0.2, 0.25) is 0 Å². The van der Waals surface area contributed by atoms with Gasteiger partial charge in [-0.2, -0.15) is 0 Å². The second kappa shape index (κ2) is 11.3. The molecule has 4 atom stereocenters. The smallest absolute Gasteiger partial charge is 0.408 e. The highest BCUT2D eigenvalue weighted by molar-refractivity contribution is 9.10. The van der Waals surface area contributed by atoms with E-state index >= 15 is 0 Å². The molecule has 1 aliphatic rings. The van der Waals surface area contributed by atoms with E-state index in [1.54, 1.807) is 33.0 Å². The lowest BCUT2D eigenvalue weighted by Crippen LogP contribution is -2.52.